The van der Waals surface area contributed by atoms with Crippen LogP contribution in [0.15, 0.2) is 53.4 Å². The Morgan fingerprint density at radius 3 is 2.31 bits per heavy atom. The molecule has 0 spiro atoms. The van der Waals surface area contributed by atoms with Gasteiger partial charge >= 0.3 is 0 Å². The number of carbonyl (C=O) groups is 2. The van der Waals surface area contributed by atoms with Crippen LogP contribution in [-0.4, -0.2) is 33.8 Å². The van der Waals surface area contributed by atoms with Crippen molar-refractivity contribution in [1.29, 1.82) is 0 Å². The predicted molar refractivity (Wildman–Crippen MR) is 94.7 cm³/mol. The first-order valence-corrected chi connectivity index (χ1v) is 9.18. The molecular formula is C17H18FN3O4S. The van der Waals surface area contributed by atoms with E-state index in [4.69, 9.17) is 0 Å². The molecule has 0 aliphatic heterocycles. The highest BCUT2D eigenvalue weighted by Crippen LogP contribution is 2.13. The molecule has 7 nitrogen and oxygen atoms in total. The zero-order valence-corrected chi connectivity index (χ0v) is 14.8. The minimum atomic E-state index is -4.03. The molecule has 138 valence electrons. The summed E-state index contributed by atoms with van der Waals surface area (Å²) in [6.07, 6.45) is -0.134. The molecule has 9 heteroatoms. The highest BCUT2D eigenvalue weighted by Gasteiger charge is 2.18. The van der Waals surface area contributed by atoms with E-state index < -0.39 is 26.6 Å². The maximum Gasteiger partial charge on any atom is 0.251 e. The van der Waals surface area contributed by atoms with Crippen LogP contribution in [0.25, 0.3) is 0 Å². The number of nitrogens with one attached hydrogen (secondary N) is 3. The number of hydrogen-bond acceptors (Lipinski definition) is 4. The molecule has 0 aliphatic rings. The zero-order chi connectivity index (χ0) is 19.2. The van der Waals surface area contributed by atoms with Crippen LogP contribution in [0.4, 0.5) is 10.1 Å². The van der Waals surface area contributed by atoms with Gasteiger partial charge in [0, 0.05) is 31.3 Å². The smallest absolute Gasteiger partial charge is 0.251 e. The Morgan fingerprint density at radius 1 is 1.04 bits per heavy atom. The summed E-state index contributed by atoms with van der Waals surface area (Å²) in [6, 6.07) is 11.2. The first-order valence-electron chi connectivity index (χ1n) is 7.69. The van der Waals surface area contributed by atoms with E-state index in [1.165, 1.54) is 19.2 Å². The number of benzene rings is 2. The molecule has 0 aliphatic carbocycles. The third-order valence-electron chi connectivity index (χ3n) is 3.43. The molecule has 2 rings (SSSR count). The number of halogens is 1. The first kappa shape index (κ1) is 19.5. The number of sulfonamides is 1. The highest BCUT2D eigenvalue weighted by atomic mass is 32.2. The molecule has 0 fully saturated rings. The zero-order valence-electron chi connectivity index (χ0n) is 14.0. The van der Waals surface area contributed by atoms with Gasteiger partial charge in [0.15, 0.2) is 0 Å². The van der Waals surface area contributed by atoms with E-state index in [-0.39, 0.29) is 18.9 Å². The van der Waals surface area contributed by atoms with Crippen LogP contribution < -0.4 is 15.4 Å². The van der Waals surface area contributed by atoms with Crippen LogP contribution in [-0.2, 0) is 14.8 Å². The maximum atomic E-state index is 13.5. The van der Waals surface area contributed by atoms with Crippen LogP contribution >= 0.6 is 0 Å². The summed E-state index contributed by atoms with van der Waals surface area (Å²) >= 11 is 0. The van der Waals surface area contributed by atoms with Gasteiger partial charge in [-0.25, -0.2) is 17.5 Å². The van der Waals surface area contributed by atoms with E-state index in [1.54, 1.807) is 24.3 Å². The largest absolute Gasteiger partial charge is 0.355 e. The third-order valence-corrected chi connectivity index (χ3v) is 4.92. The van der Waals surface area contributed by atoms with Gasteiger partial charge in [-0.05, 0) is 36.4 Å². The normalized spacial score (nSPS) is 11.0. The molecule has 0 saturated carbocycles. The van der Waals surface area contributed by atoms with Crippen molar-refractivity contribution in [2.45, 2.75) is 11.3 Å². The van der Waals surface area contributed by atoms with Gasteiger partial charge in [-0.1, -0.05) is 12.1 Å². The van der Waals surface area contributed by atoms with Gasteiger partial charge in [-0.15, -0.1) is 0 Å². The lowest BCUT2D eigenvalue weighted by Crippen LogP contribution is -2.28. The quantitative estimate of drug-likeness (QED) is 0.678. The molecule has 3 N–H and O–H groups in total. The Labute approximate surface area is 150 Å². The van der Waals surface area contributed by atoms with E-state index in [0.717, 1.165) is 12.1 Å². The molecule has 0 bridgehead atoms. The van der Waals surface area contributed by atoms with Crippen molar-refractivity contribution < 1.29 is 22.4 Å². The summed E-state index contributed by atoms with van der Waals surface area (Å²) in [5, 5.41) is 5.07. The lowest BCUT2D eigenvalue weighted by Gasteiger charge is -2.08. The summed E-state index contributed by atoms with van der Waals surface area (Å²) in [4.78, 5) is 22.8. The van der Waals surface area contributed by atoms with Crippen LogP contribution in [0.3, 0.4) is 0 Å². The van der Waals surface area contributed by atoms with E-state index in [2.05, 4.69) is 15.4 Å². The molecule has 2 amide bonds. The number of hydrogen-bond donors (Lipinski definition) is 3. The fourth-order valence-electron chi connectivity index (χ4n) is 2.11. The second-order valence-corrected chi connectivity index (χ2v) is 7.02. The number of rotatable bonds is 7. The van der Waals surface area contributed by atoms with Crippen LogP contribution in [0.2, 0.25) is 0 Å². The van der Waals surface area contributed by atoms with Gasteiger partial charge in [0.1, 0.15) is 10.7 Å². The molecule has 2 aromatic rings. The Hall–Kier alpha value is -2.78. The first-order chi connectivity index (χ1) is 12.3. The molecule has 2 aromatic carbocycles. The van der Waals surface area contributed by atoms with Crippen LogP contribution in [0.5, 0.6) is 0 Å². The van der Waals surface area contributed by atoms with Gasteiger partial charge in [0.2, 0.25) is 15.9 Å². The summed E-state index contributed by atoms with van der Waals surface area (Å²) in [6.45, 7) is -0.182. The number of carbonyl (C=O) groups excluding carboxylic acids is 2. The third kappa shape index (κ3) is 5.11. The highest BCUT2D eigenvalue weighted by molar-refractivity contribution is 7.89. The lowest BCUT2D eigenvalue weighted by atomic mass is 10.2. The second-order valence-electron chi connectivity index (χ2n) is 5.28. The van der Waals surface area contributed by atoms with Crippen molar-refractivity contribution in [3.8, 4) is 0 Å². The van der Waals surface area contributed by atoms with E-state index in [1.807, 2.05) is 0 Å². The summed E-state index contributed by atoms with van der Waals surface area (Å²) in [7, 11) is -2.51. The van der Waals surface area contributed by atoms with Gasteiger partial charge in [0.05, 0.1) is 0 Å². The second kappa shape index (κ2) is 8.54. The summed E-state index contributed by atoms with van der Waals surface area (Å²) in [5.74, 6) is -1.53. The predicted octanol–water partition coefficient (Wildman–Crippen LogP) is 1.49. The Morgan fingerprint density at radius 2 is 1.69 bits per heavy atom. The standard InChI is InChI=1S/C17H18FN3O4S/c1-19-17(23)12-6-8-13(9-7-12)21-16(22)10-11-20-26(24,25)15-5-3-2-4-14(15)18/h2-9,20H,10-11H2,1H3,(H,19,23)(H,21,22). The van der Waals surface area contributed by atoms with Crippen LogP contribution in [0, 0.1) is 5.82 Å². The van der Waals surface area contributed by atoms with E-state index >= 15 is 0 Å². The Bertz CT molecular complexity index is 898. The summed E-state index contributed by atoms with van der Waals surface area (Å²) in [5.41, 5.74) is 0.919. The SMILES string of the molecule is CNC(=O)c1ccc(NC(=O)CCNS(=O)(=O)c2ccccc2F)cc1. The van der Waals surface area contributed by atoms with E-state index in [0.29, 0.717) is 11.3 Å². The molecule has 0 heterocycles. The van der Waals surface area contributed by atoms with Crippen molar-refractivity contribution in [3.05, 3.63) is 59.9 Å². The van der Waals surface area contributed by atoms with Gasteiger partial charge < -0.3 is 10.6 Å². The number of anilines is 1. The molecule has 26 heavy (non-hydrogen) atoms. The minimum absolute atomic E-state index is 0.134. The topological polar surface area (TPSA) is 104 Å². The van der Waals surface area contributed by atoms with Crippen molar-refractivity contribution in [2.75, 3.05) is 18.9 Å². The van der Waals surface area contributed by atoms with Gasteiger partial charge in [-0.2, -0.15) is 0 Å². The van der Waals surface area contributed by atoms with Crippen molar-refractivity contribution >= 4 is 27.5 Å². The molecule has 0 aromatic heterocycles. The molecular weight excluding hydrogens is 361 g/mol. The minimum Gasteiger partial charge on any atom is -0.355 e. The van der Waals surface area contributed by atoms with Crippen molar-refractivity contribution in [2.24, 2.45) is 0 Å². The number of amides is 2. The molecule has 0 unspecified atom stereocenters. The average molecular weight is 379 g/mol. The van der Waals surface area contributed by atoms with Crippen molar-refractivity contribution in [1.82, 2.24) is 10.0 Å². The monoisotopic (exact) mass is 379 g/mol. The van der Waals surface area contributed by atoms with Gasteiger partial charge in [-0.3, -0.25) is 9.59 Å². The summed E-state index contributed by atoms with van der Waals surface area (Å²) < 4.78 is 39.7. The Balaban J connectivity index is 1.87. The van der Waals surface area contributed by atoms with E-state index in [9.17, 15) is 22.4 Å². The molecule has 0 radical (unpaired) electrons. The molecule has 0 saturated heterocycles. The maximum absolute atomic E-state index is 13.5. The fourth-order valence-corrected chi connectivity index (χ4v) is 3.22. The lowest BCUT2D eigenvalue weighted by molar-refractivity contribution is -0.116. The van der Waals surface area contributed by atoms with Crippen molar-refractivity contribution in [3.63, 3.8) is 0 Å². The van der Waals surface area contributed by atoms with Gasteiger partial charge in [0.25, 0.3) is 5.91 Å². The average Bonchev–Trinajstić information content (AvgIpc) is 2.61. The Kier molecular flexibility index (Phi) is 6.42. The van der Waals surface area contributed by atoms with Crippen LogP contribution in [0.1, 0.15) is 16.8 Å². The fraction of sp³-hybridized carbons (Fsp3) is 0.176. The molecule has 0 atom stereocenters.